The normalized spacial score (nSPS) is 16.3. The Labute approximate surface area is 193 Å². The predicted molar refractivity (Wildman–Crippen MR) is 117 cm³/mol. The van der Waals surface area contributed by atoms with Crippen molar-refractivity contribution in [3.8, 4) is 11.5 Å². The molecule has 0 aromatic heterocycles. The fourth-order valence-corrected chi connectivity index (χ4v) is 4.00. The SMILES string of the molecule is Cc1ccc(COc2cc(F)c3c(c2)OCC(CN2CC=C(C(=O)O)CC2)=C3)c(C(F)(F)F)c1. The van der Waals surface area contributed by atoms with Gasteiger partial charge in [0, 0.05) is 42.9 Å². The van der Waals surface area contributed by atoms with Crippen LogP contribution in [0.2, 0.25) is 0 Å². The standard InChI is InChI=1S/C25H23F4NO4/c1-15-2-3-18(21(8-15)25(27,28)29)14-33-19-10-22(26)20-9-16(13-34-23(20)11-19)12-30-6-4-17(5-7-30)24(31)32/h2-4,8-11H,5-7,12-14H2,1H3,(H,31,32). The molecule has 5 nitrogen and oxygen atoms in total. The quantitative estimate of drug-likeness (QED) is 0.578. The average molecular weight is 477 g/mol. The Bertz CT molecular complexity index is 1170. The van der Waals surface area contributed by atoms with Crippen molar-refractivity contribution in [1.29, 1.82) is 0 Å². The van der Waals surface area contributed by atoms with Crippen LogP contribution < -0.4 is 9.47 Å². The number of hydrogen-bond donors (Lipinski definition) is 1. The highest BCUT2D eigenvalue weighted by Crippen LogP contribution is 2.36. The van der Waals surface area contributed by atoms with Crippen LogP contribution in [0.25, 0.3) is 6.08 Å². The lowest BCUT2D eigenvalue weighted by Crippen LogP contribution is -2.33. The van der Waals surface area contributed by atoms with Crippen molar-refractivity contribution in [1.82, 2.24) is 4.90 Å². The molecule has 0 fully saturated rings. The minimum Gasteiger partial charge on any atom is -0.489 e. The van der Waals surface area contributed by atoms with Crippen molar-refractivity contribution in [2.45, 2.75) is 26.1 Å². The number of aliphatic carboxylic acids is 1. The van der Waals surface area contributed by atoms with Crippen molar-refractivity contribution < 1.29 is 36.9 Å². The maximum atomic E-state index is 14.8. The predicted octanol–water partition coefficient (Wildman–Crippen LogP) is 5.22. The van der Waals surface area contributed by atoms with E-state index in [0.717, 1.165) is 17.7 Å². The summed E-state index contributed by atoms with van der Waals surface area (Å²) in [7, 11) is 0. The summed E-state index contributed by atoms with van der Waals surface area (Å²) in [5.41, 5.74) is 1.14. The van der Waals surface area contributed by atoms with E-state index >= 15 is 0 Å². The van der Waals surface area contributed by atoms with E-state index in [0.29, 0.717) is 37.2 Å². The Morgan fingerprint density at radius 1 is 1.24 bits per heavy atom. The van der Waals surface area contributed by atoms with Crippen LogP contribution in [0, 0.1) is 12.7 Å². The van der Waals surface area contributed by atoms with Gasteiger partial charge >= 0.3 is 12.1 Å². The third-order valence-corrected chi connectivity index (χ3v) is 5.79. The Kier molecular flexibility index (Phi) is 6.65. The Morgan fingerprint density at radius 2 is 2.03 bits per heavy atom. The molecule has 2 aromatic carbocycles. The van der Waals surface area contributed by atoms with Gasteiger partial charge in [-0.2, -0.15) is 13.2 Å². The first kappa shape index (κ1) is 23.8. The van der Waals surface area contributed by atoms with Crippen LogP contribution in [-0.4, -0.2) is 42.2 Å². The van der Waals surface area contributed by atoms with E-state index < -0.39 is 23.5 Å². The number of ether oxygens (including phenoxy) is 2. The molecule has 2 aliphatic rings. The van der Waals surface area contributed by atoms with Gasteiger partial charge in [-0.3, -0.25) is 4.90 Å². The Balaban J connectivity index is 1.46. The molecule has 0 amide bonds. The summed E-state index contributed by atoms with van der Waals surface area (Å²) >= 11 is 0. The molecule has 1 N–H and O–H groups in total. The van der Waals surface area contributed by atoms with Crippen LogP contribution in [-0.2, 0) is 17.6 Å². The summed E-state index contributed by atoms with van der Waals surface area (Å²) in [6, 6.07) is 6.58. The van der Waals surface area contributed by atoms with E-state index in [-0.39, 0.29) is 35.8 Å². The van der Waals surface area contributed by atoms with Crippen LogP contribution in [0.4, 0.5) is 17.6 Å². The summed E-state index contributed by atoms with van der Waals surface area (Å²) in [4.78, 5) is 13.1. The van der Waals surface area contributed by atoms with Crippen molar-refractivity contribution in [2.75, 3.05) is 26.2 Å². The first-order valence-corrected chi connectivity index (χ1v) is 10.7. The van der Waals surface area contributed by atoms with Crippen molar-refractivity contribution in [3.05, 3.63) is 75.6 Å². The van der Waals surface area contributed by atoms with Crippen molar-refractivity contribution in [3.63, 3.8) is 0 Å². The second kappa shape index (κ2) is 9.50. The summed E-state index contributed by atoms with van der Waals surface area (Å²) < 4.78 is 66.0. The average Bonchev–Trinajstić information content (AvgIpc) is 2.78. The number of alkyl halides is 3. The largest absolute Gasteiger partial charge is 0.489 e. The van der Waals surface area contributed by atoms with E-state index in [9.17, 15) is 22.4 Å². The van der Waals surface area contributed by atoms with E-state index in [2.05, 4.69) is 0 Å². The van der Waals surface area contributed by atoms with E-state index in [1.807, 2.05) is 4.90 Å². The molecular weight excluding hydrogens is 454 g/mol. The molecular formula is C25H23F4NO4. The van der Waals surface area contributed by atoms with Gasteiger partial charge in [-0.05, 0) is 31.1 Å². The molecule has 4 rings (SSSR count). The lowest BCUT2D eigenvalue weighted by atomic mass is 10.0. The van der Waals surface area contributed by atoms with Crippen LogP contribution >= 0.6 is 0 Å². The van der Waals surface area contributed by atoms with E-state index in [1.165, 1.54) is 12.1 Å². The van der Waals surface area contributed by atoms with Crippen molar-refractivity contribution >= 4 is 12.0 Å². The van der Waals surface area contributed by atoms with Gasteiger partial charge in [0.25, 0.3) is 0 Å². The number of carboxylic acids is 1. The molecule has 2 aromatic rings. The Hall–Kier alpha value is -3.33. The van der Waals surface area contributed by atoms with Gasteiger partial charge in [0.1, 0.15) is 30.5 Å². The first-order valence-electron chi connectivity index (χ1n) is 10.7. The number of benzene rings is 2. The minimum atomic E-state index is -4.52. The second-order valence-corrected chi connectivity index (χ2v) is 8.37. The molecule has 34 heavy (non-hydrogen) atoms. The smallest absolute Gasteiger partial charge is 0.416 e. The number of carbonyl (C=O) groups is 1. The maximum Gasteiger partial charge on any atom is 0.416 e. The van der Waals surface area contributed by atoms with E-state index in [4.69, 9.17) is 14.6 Å². The van der Waals surface area contributed by atoms with Gasteiger partial charge in [-0.1, -0.05) is 23.8 Å². The molecule has 0 bridgehead atoms. The second-order valence-electron chi connectivity index (χ2n) is 8.37. The topological polar surface area (TPSA) is 59.0 Å². The molecule has 0 saturated heterocycles. The zero-order valence-corrected chi connectivity index (χ0v) is 18.4. The van der Waals surface area contributed by atoms with Crippen LogP contribution in [0.15, 0.2) is 47.6 Å². The molecule has 0 saturated carbocycles. The lowest BCUT2D eigenvalue weighted by Gasteiger charge is -2.28. The number of halogens is 4. The number of rotatable bonds is 6. The van der Waals surface area contributed by atoms with Gasteiger partial charge in [0.15, 0.2) is 0 Å². The molecule has 0 spiro atoms. The zero-order valence-electron chi connectivity index (χ0n) is 18.4. The van der Waals surface area contributed by atoms with Gasteiger partial charge < -0.3 is 14.6 Å². The maximum absolute atomic E-state index is 14.8. The molecule has 180 valence electrons. The highest BCUT2D eigenvalue weighted by molar-refractivity contribution is 5.86. The van der Waals surface area contributed by atoms with Crippen LogP contribution in [0.3, 0.4) is 0 Å². The number of fused-ring (bicyclic) bond motifs is 1. The van der Waals surface area contributed by atoms with Gasteiger partial charge in [-0.15, -0.1) is 0 Å². The highest BCUT2D eigenvalue weighted by atomic mass is 19.4. The van der Waals surface area contributed by atoms with Gasteiger partial charge in [-0.25, -0.2) is 9.18 Å². The molecule has 0 aliphatic carbocycles. The fraction of sp³-hybridized carbons (Fsp3) is 0.320. The fourth-order valence-electron chi connectivity index (χ4n) is 4.00. The molecule has 0 radical (unpaired) electrons. The van der Waals surface area contributed by atoms with E-state index in [1.54, 1.807) is 25.1 Å². The highest BCUT2D eigenvalue weighted by Gasteiger charge is 2.33. The number of aryl methyl sites for hydroxylation is 1. The molecule has 0 atom stereocenters. The van der Waals surface area contributed by atoms with Gasteiger partial charge in [0.2, 0.25) is 0 Å². The molecule has 9 heteroatoms. The monoisotopic (exact) mass is 477 g/mol. The summed E-state index contributed by atoms with van der Waals surface area (Å²) in [6.07, 6.45) is -0.718. The minimum absolute atomic E-state index is 0.0408. The Morgan fingerprint density at radius 3 is 2.71 bits per heavy atom. The number of nitrogens with zero attached hydrogens (tertiary/aromatic N) is 1. The van der Waals surface area contributed by atoms with Crippen LogP contribution in [0.5, 0.6) is 11.5 Å². The third kappa shape index (κ3) is 5.41. The number of hydrogen-bond acceptors (Lipinski definition) is 4. The zero-order chi connectivity index (χ0) is 24.5. The summed E-state index contributed by atoms with van der Waals surface area (Å²) in [5, 5.41) is 9.05. The molecule has 2 heterocycles. The molecule has 0 unspecified atom stereocenters. The number of carboxylic acid groups (broad SMARTS) is 1. The van der Waals surface area contributed by atoms with Crippen LogP contribution in [0.1, 0.15) is 28.7 Å². The lowest BCUT2D eigenvalue weighted by molar-refractivity contribution is -0.138. The molecule has 2 aliphatic heterocycles. The van der Waals surface area contributed by atoms with Gasteiger partial charge in [0.05, 0.1) is 11.1 Å². The summed E-state index contributed by atoms with van der Waals surface area (Å²) in [5.74, 6) is -1.18. The first-order chi connectivity index (χ1) is 16.1. The third-order valence-electron chi connectivity index (χ3n) is 5.79. The summed E-state index contributed by atoms with van der Waals surface area (Å²) in [6.45, 7) is 3.01. The van der Waals surface area contributed by atoms with Crippen molar-refractivity contribution in [2.24, 2.45) is 0 Å².